The largest absolute Gasteiger partial charge is 0.390 e. The minimum Gasteiger partial charge on any atom is -0.390 e. The number of aliphatic hydroxyl groups is 1. The predicted molar refractivity (Wildman–Crippen MR) is 124 cm³/mol. The van der Waals surface area contributed by atoms with E-state index >= 15 is 0 Å². The van der Waals surface area contributed by atoms with Gasteiger partial charge in [0.15, 0.2) is 0 Å². The Labute approximate surface area is 181 Å². The van der Waals surface area contributed by atoms with Gasteiger partial charge in [0.1, 0.15) is 0 Å². The normalized spacial score (nSPS) is 49.6. The van der Waals surface area contributed by atoms with Gasteiger partial charge in [0.25, 0.3) is 0 Å². The third-order valence-electron chi connectivity index (χ3n) is 11.3. The smallest absolute Gasteiger partial charge is 0.0648 e. The Bertz CT molecular complexity index is 569. The van der Waals surface area contributed by atoms with Crippen LogP contribution in [0.3, 0.4) is 0 Å². The molecule has 1 heteroatoms. The van der Waals surface area contributed by atoms with Crippen molar-refractivity contribution in [2.24, 2.45) is 46.3 Å². The van der Waals surface area contributed by atoms with Crippen LogP contribution in [0.25, 0.3) is 0 Å². The summed E-state index contributed by atoms with van der Waals surface area (Å²) in [5.41, 5.74) is 0.802. The Morgan fingerprint density at radius 1 is 0.862 bits per heavy atom. The lowest BCUT2D eigenvalue weighted by Crippen LogP contribution is -2.55. The van der Waals surface area contributed by atoms with Crippen LogP contribution in [0.1, 0.15) is 125 Å². The maximum atomic E-state index is 11.0. The Kier molecular flexibility index (Phi) is 6.22. The van der Waals surface area contributed by atoms with Crippen molar-refractivity contribution in [1.29, 1.82) is 0 Å². The molecule has 0 aromatic carbocycles. The molecule has 1 unspecified atom stereocenters. The van der Waals surface area contributed by atoms with Crippen LogP contribution in [0.2, 0.25) is 0 Å². The first-order valence-electron chi connectivity index (χ1n) is 13.4. The van der Waals surface area contributed by atoms with Gasteiger partial charge in [-0.1, -0.05) is 53.9 Å². The molecule has 1 nitrogen and oxygen atoms in total. The molecule has 0 aliphatic heterocycles. The zero-order valence-corrected chi connectivity index (χ0v) is 20.3. The molecule has 0 radical (unpaired) electrons. The molecule has 29 heavy (non-hydrogen) atoms. The Balaban J connectivity index is 1.43. The summed E-state index contributed by atoms with van der Waals surface area (Å²) < 4.78 is 0. The molecule has 0 saturated heterocycles. The number of unbranched alkanes of at least 4 members (excludes halogenated alkanes) is 1. The summed E-state index contributed by atoms with van der Waals surface area (Å²) in [6.07, 6.45) is 19.1. The summed E-state index contributed by atoms with van der Waals surface area (Å²) >= 11 is 0. The highest BCUT2D eigenvalue weighted by Crippen LogP contribution is 2.68. The van der Waals surface area contributed by atoms with Gasteiger partial charge in [-0.3, -0.25) is 0 Å². The summed E-state index contributed by atoms with van der Waals surface area (Å²) in [7, 11) is 0. The molecule has 0 spiro atoms. The van der Waals surface area contributed by atoms with E-state index in [2.05, 4.69) is 34.6 Å². The monoisotopic (exact) mass is 402 g/mol. The van der Waals surface area contributed by atoms with Crippen LogP contribution >= 0.6 is 0 Å². The molecule has 4 rings (SSSR count). The fourth-order valence-electron chi connectivity index (χ4n) is 9.17. The highest BCUT2D eigenvalue weighted by atomic mass is 16.3. The van der Waals surface area contributed by atoms with Crippen LogP contribution in [0.5, 0.6) is 0 Å². The van der Waals surface area contributed by atoms with E-state index in [0.717, 1.165) is 54.8 Å². The van der Waals surface area contributed by atoms with Crippen LogP contribution < -0.4 is 0 Å². The Morgan fingerprint density at radius 2 is 1.62 bits per heavy atom. The zero-order valence-electron chi connectivity index (χ0n) is 20.3. The van der Waals surface area contributed by atoms with Crippen molar-refractivity contribution in [2.45, 2.75) is 130 Å². The lowest BCUT2D eigenvalue weighted by molar-refractivity contribution is -0.151. The van der Waals surface area contributed by atoms with E-state index in [1.807, 2.05) is 0 Å². The first kappa shape index (κ1) is 22.2. The van der Waals surface area contributed by atoms with Crippen LogP contribution in [0, 0.1) is 46.3 Å². The van der Waals surface area contributed by atoms with Crippen molar-refractivity contribution in [3.05, 3.63) is 0 Å². The molecule has 0 heterocycles. The first-order chi connectivity index (χ1) is 13.7. The maximum absolute atomic E-state index is 11.0. The molecule has 8 atom stereocenters. The molecule has 4 saturated carbocycles. The molecule has 0 aromatic rings. The lowest BCUT2D eigenvalue weighted by Gasteiger charge is -2.62. The van der Waals surface area contributed by atoms with Gasteiger partial charge < -0.3 is 5.11 Å². The molecular weight excluding hydrogens is 352 g/mol. The van der Waals surface area contributed by atoms with Gasteiger partial charge in [-0.2, -0.15) is 0 Å². The van der Waals surface area contributed by atoms with Gasteiger partial charge in [-0.15, -0.1) is 0 Å². The average molecular weight is 403 g/mol. The predicted octanol–water partition coefficient (Wildman–Crippen LogP) is 8.00. The molecule has 4 aliphatic carbocycles. The maximum Gasteiger partial charge on any atom is 0.0648 e. The van der Waals surface area contributed by atoms with Gasteiger partial charge in [0, 0.05) is 0 Å². The van der Waals surface area contributed by atoms with E-state index < -0.39 is 0 Å². The number of rotatable bonds is 6. The molecule has 4 aliphatic rings. The molecule has 0 bridgehead atoms. The van der Waals surface area contributed by atoms with Crippen LogP contribution in [0.15, 0.2) is 0 Å². The quantitative estimate of drug-likeness (QED) is 0.446. The van der Waals surface area contributed by atoms with E-state index in [1.54, 1.807) is 0 Å². The van der Waals surface area contributed by atoms with Crippen molar-refractivity contribution >= 4 is 0 Å². The fraction of sp³-hybridized carbons (Fsp3) is 1.00. The SMILES string of the molecule is CC[C@]1(O)CC[C@@]2(C)[C@@H](CC[C@@H]3[C@@H]2CC[C@]2(C)C(CCCCC(C)C)CC[C@@H]32)C1. The second-order valence-corrected chi connectivity index (χ2v) is 12.9. The summed E-state index contributed by atoms with van der Waals surface area (Å²) in [5, 5.41) is 11.0. The topological polar surface area (TPSA) is 20.2 Å². The molecule has 4 fully saturated rings. The first-order valence-corrected chi connectivity index (χ1v) is 13.4. The van der Waals surface area contributed by atoms with Crippen molar-refractivity contribution < 1.29 is 5.11 Å². The van der Waals surface area contributed by atoms with Crippen LogP contribution in [0.4, 0.5) is 0 Å². The van der Waals surface area contributed by atoms with Gasteiger partial charge in [0.05, 0.1) is 5.60 Å². The second kappa shape index (κ2) is 8.14. The van der Waals surface area contributed by atoms with Crippen molar-refractivity contribution in [2.75, 3.05) is 0 Å². The third-order valence-corrected chi connectivity index (χ3v) is 11.3. The van der Waals surface area contributed by atoms with Crippen molar-refractivity contribution in [1.82, 2.24) is 0 Å². The van der Waals surface area contributed by atoms with Gasteiger partial charge in [0.2, 0.25) is 0 Å². The molecule has 1 N–H and O–H groups in total. The standard InChI is InChI=1S/C28H50O/c1-6-28(29)18-17-27(5)22(19-28)11-13-23-24-14-12-21(10-8-7-9-20(2)3)26(24,4)16-15-25(23)27/h20-25,29H,6-19H2,1-5H3/t21?,22-,23-,24-,25-,26+,27-,28-/m0/s1. The van der Waals surface area contributed by atoms with Crippen molar-refractivity contribution in [3.8, 4) is 0 Å². The summed E-state index contributed by atoms with van der Waals surface area (Å²) in [6, 6.07) is 0. The summed E-state index contributed by atoms with van der Waals surface area (Å²) in [6.45, 7) is 12.3. The van der Waals surface area contributed by atoms with Crippen molar-refractivity contribution in [3.63, 3.8) is 0 Å². The minimum atomic E-state index is -0.353. The number of hydrogen-bond donors (Lipinski definition) is 1. The highest BCUT2D eigenvalue weighted by Gasteiger charge is 2.60. The van der Waals surface area contributed by atoms with E-state index in [0.29, 0.717) is 10.8 Å². The minimum absolute atomic E-state index is 0.353. The molecule has 168 valence electrons. The molecule has 0 aromatic heterocycles. The van der Waals surface area contributed by atoms with Crippen LogP contribution in [-0.2, 0) is 0 Å². The highest BCUT2D eigenvalue weighted by molar-refractivity contribution is 5.10. The van der Waals surface area contributed by atoms with E-state index in [4.69, 9.17) is 0 Å². The lowest BCUT2D eigenvalue weighted by atomic mass is 9.43. The van der Waals surface area contributed by atoms with Gasteiger partial charge in [-0.25, -0.2) is 0 Å². The van der Waals surface area contributed by atoms with E-state index in [-0.39, 0.29) is 5.60 Å². The Hall–Kier alpha value is -0.0400. The Morgan fingerprint density at radius 3 is 2.34 bits per heavy atom. The average Bonchev–Trinajstić information content (AvgIpc) is 3.02. The van der Waals surface area contributed by atoms with Gasteiger partial charge >= 0.3 is 0 Å². The molecular formula is C28H50O. The second-order valence-electron chi connectivity index (χ2n) is 12.9. The number of hydrogen-bond acceptors (Lipinski definition) is 1. The summed E-state index contributed by atoms with van der Waals surface area (Å²) in [5.74, 6) is 5.59. The number of fused-ring (bicyclic) bond motifs is 5. The third kappa shape index (κ3) is 3.85. The van der Waals surface area contributed by atoms with Gasteiger partial charge in [-0.05, 0) is 117 Å². The summed E-state index contributed by atoms with van der Waals surface area (Å²) in [4.78, 5) is 0. The van der Waals surface area contributed by atoms with E-state index in [9.17, 15) is 5.11 Å². The molecule has 0 amide bonds. The van der Waals surface area contributed by atoms with E-state index in [1.165, 1.54) is 70.6 Å². The fourth-order valence-corrected chi connectivity index (χ4v) is 9.17. The zero-order chi connectivity index (χ0) is 20.9. The van der Waals surface area contributed by atoms with Crippen LogP contribution in [-0.4, -0.2) is 10.7 Å².